The van der Waals surface area contributed by atoms with Crippen molar-refractivity contribution in [2.45, 2.75) is 76.5 Å². The largest absolute Gasteiger partial charge is 0.443 e. The van der Waals surface area contributed by atoms with Crippen molar-refractivity contribution in [2.75, 3.05) is 6.54 Å². The van der Waals surface area contributed by atoms with Gasteiger partial charge in [0.2, 0.25) is 17.6 Å². The van der Waals surface area contributed by atoms with E-state index >= 15 is 0 Å². The molecule has 1 heterocycles. The van der Waals surface area contributed by atoms with Gasteiger partial charge < -0.3 is 26.4 Å². The Labute approximate surface area is 211 Å². The molecular weight excluding hydrogens is 464 g/mol. The minimum Gasteiger partial charge on any atom is -0.443 e. The van der Waals surface area contributed by atoms with Gasteiger partial charge in [-0.05, 0) is 50.0 Å². The zero-order chi connectivity index (χ0) is 26.3. The summed E-state index contributed by atoms with van der Waals surface area (Å²) in [7, 11) is 0. The molecule has 2 aliphatic rings. The monoisotopic (exact) mass is 500 g/mol. The summed E-state index contributed by atoms with van der Waals surface area (Å²) in [5, 5.41) is 7.87. The van der Waals surface area contributed by atoms with Crippen molar-refractivity contribution in [3.05, 3.63) is 35.9 Å². The molecule has 1 aromatic carbocycles. The summed E-state index contributed by atoms with van der Waals surface area (Å²) in [6.07, 6.45) is 3.01. The van der Waals surface area contributed by atoms with E-state index in [0.717, 1.165) is 24.8 Å². The Morgan fingerprint density at radius 2 is 1.81 bits per heavy atom. The highest BCUT2D eigenvalue weighted by Gasteiger charge is 2.42. The number of Topliss-reactive ketones (excluding diaryl/α,β-unsaturated/α-hetero) is 1. The van der Waals surface area contributed by atoms with Crippen molar-refractivity contribution in [1.29, 1.82) is 0 Å². The average Bonchev–Trinajstić information content (AvgIpc) is 3.20. The summed E-state index contributed by atoms with van der Waals surface area (Å²) < 4.78 is 5.83. The van der Waals surface area contributed by atoms with Crippen molar-refractivity contribution in [2.24, 2.45) is 17.6 Å². The fourth-order valence-corrected chi connectivity index (χ4v) is 4.76. The van der Waals surface area contributed by atoms with Crippen LogP contribution in [0.1, 0.15) is 57.9 Å². The molecule has 196 valence electrons. The lowest BCUT2D eigenvalue weighted by molar-refractivity contribution is -0.139. The fourth-order valence-electron chi connectivity index (χ4n) is 4.76. The van der Waals surface area contributed by atoms with Crippen LogP contribution < -0.4 is 21.7 Å². The zero-order valence-corrected chi connectivity index (χ0v) is 20.9. The molecule has 0 aromatic heterocycles. The Hall–Kier alpha value is -3.43. The highest BCUT2D eigenvalue weighted by atomic mass is 16.6. The Kier molecular flexibility index (Phi) is 9.06. The molecule has 0 spiro atoms. The van der Waals surface area contributed by atoms with Gasteiger partial charge in [-0.2, -0.15) is 0 Å². The molecule has 3 rings (SSSR count). The van der Waals surface area contributed by atoms with Gasteiger partial charge in [0.1, 0.15) is 11.6 Å². The predicted molar refractivity (Wildman–Crippen MR) is 131 cm³/mol. The molecule has 4 amide bonds. The van der Waals surface area contributed by atoms with Crippen molar-refractivity contribution in [1.82, 2.24) is 16.0 Å². The Balaban J connectivity index is 1.67. The van der Waals surface area contributed by atoms with E-state index in [0.29, 0.717) is 19.4 Å². The van der Waals surface area contributed by atoms with E-state index in [-0.39, 0.29) is 24.7 Å². The molecule has 1 saturated carbocycles. The van der Waals surface area contributed by atoms with Gasteiger partial charge in [0, 0.05) is 18.9 Å². The molecule has 1 saturated heterocycles. The standard InChI is InChI=1S/C26H36N4O6/c1-16(2)13-20(24(34)29-19(21(31)22(27)32)14-18-9-12-28-23(18)33)30-25(35)36-26(10-6-11-26)15-17-7-4-3-5-8-17/h3-5,7-8,16,18-20H,6,9-15H2,1-2H3,(H2,27,32)(H,28,33)(H,29,34)(H,30,35). The summed E-state index contributed by atoms with van der Waals surface area (Å²) in [5.74, 6) is -3.53. The molecular formula is C26H36N4O6. The average molecular weight is 501 g/mol. The van der Waals surface area contributed by atoms with Crippen LogP contribution in [-0.4, -0.2) is 53.8 Å². The third-order valence-corrected chi connectivity index (χ3v) is 6.82. The number of ether oxygens (including phenoxy) is 1. The van der Waals surface area contributed by atoms with Crippen LogP contribution in [0.4, 0.5) is 4.79 Å². The second-order valence-corrected chi connectivity index (χ2v) is 10.2. The number of carbonyl (C=O) groups is 5. The number of amides is 4. The van der Waals surface area contributed by atoms with Crippen molar-refractivity contribution < 1.29 is 28.7 Å². The number of nitrogens with one attached hydrogen (secondary N) is 3. The lowest BCUT2D eigenvalue weighted by Crippen LogP contribution is -2.55. The van der Waals surface area contributed by atoms with E-state index < -0.39 is 47.3 Å². The number of rotatable bonds is 12. The number of ketones is 1. The molecule has 1 aliphatic carbocycles. The number of alkyl carbamates (subject to hydrolysis) is 1. The van der Waals surface area contributed by atoms with Crippen LogP contribution in [0.15, 0.2) is 30.3 Å². The lowest BCUT2D eigenvalue weighted by atomic mass is 9.76. The van der Waals surface area contributed by atoms with E-state index in [2.05, 4.69) is 16.0 Å². The third kappa shape index (κ3) is 7.29. The van der Waals surface area contributed by atoms with Crippen LogP contribution >= 0.6 is 0 Å². The molecule has 5 N–H and O–H groups in total. The first kappa shape index (κ1) is 27.2. The molecule has 10 heteroatoms. The van der Waals surface area contributed by atoms with E-state index in [1.54, 1.807) is 0 Å². The number of carbonyl (C=O) groups excluding carboxylic acids is 5. The van der Waals surface area contributed by atoms with Gasteiger partial charge in [-0.1, -0.05) is 44.2 Å². The summed E-state index contributed by atoms with van der Waals surface area (Å²) in [6, 6.07) is 7.51. The first-order valence-electron chi connectivity index (χ1n) is 12.5. The second-order valence-electron chi connectivity index (χ2n) is 10.2. The molecule has 1 aliphatic heterocycles. The topological polar surface area (TPSA) is 157 Å². The first-order valence-corrected chi connectivity index (χ1v) is 12.5. The normalized spacial score (nSPS) is 20.0. The van der Waals surface area contributed by atoms with E-state index in [1.807, 2.05) is 44.2 Å². The summed E-state index contributed by atoms with van der Waals surface area (Å²) in [4.78, 5) is 62.0. The maximum absolute atomic E-state index is 13.2. The Morgan fingerprint density at radius 1 is 1.11 bits per heavy atom. The van der Waals surface area contributed by atoms with E-state index in [1.165, 1.54) is 0 Å². The number of hydrogen-bond donors (Lipinski definition) is 4. The van der Waals surface area contributed by atoms with E-state index in [4.69, 9.17) is 10.5 Å². The molecule has 0 radical (unpaired) electrons. The molecule has 10 nitrogen and oxygen atoms in total. The van der Waals surface area contributed by atoms with Crippen molar-refractivity contribution >= 4 is 29.6 Å². The summed E-state index contributed by atoms with van der Waals surface area (Å²) in [5.41, 5.74) is 5.62. The quantitative estimate of drug-likeness (QED) is 0.317. The molecule has 0 bridgehead atoms. The number of benzene rings is 1. The minimum atomic E-state index is -1.26. The van der Waals surface area contributed by atoms with Crippen LogP contribution in [0, 0.1) is 11.8 Å². The highest BCUT2D eigenvalue weighted by molar-refractivity contribution is 6.37. The Morgan fingerprint density at radius 3 is 2.33 bits per heavy atom. The molecule has 3 atom stereocenters. The zero-order valence-electron chi connectivity index (χ0n) is 20.9. The van der Waals surface area contributed by atoms with E-state index in [9.17, 15) is 24.0 Å². The smallest absolute Gasteiger partial charge is 0.408 e. The molecule has 2 fully saturated rings. The maximum Gasteiger partial charge on any atom is 0.408 e. The SMILES string of the molecule is CC(C)CC(NC(=O)OC1(Cc2ccccc2)CCC1)C(=O)NC(CC1CCNC1=O)C(=O)C(N)=O. The maximum atomic E-state index is 13.2. The minimum absolute atomic E-state index is 0.0360. The molecule has 1 aromatic rings. The van der Waals surface area contributed by atoms with Crippen molar-refractivity contribution in [3.8, 4) is 0 Å². The number of nitrogens with two attached hydrogens (primary N) is 1. The van der Waals surface area contributed by atoms with Crippen molar-refractivity contribution in [3.63, 3.8) is 0 Å². The lowest BCUT2D eigenvalue weighted by Gasteiger charge is -2.41. The van der Waals surface area contributed by atoms with Gasteiger partial charge in [0.05, 0.1) is 6.04 Å². The van der Waals surface area contributed by atoms with Crippen LogP contribution in [0.25, 0.3) is 0 Å². The second kappa shape index (κ2) is 12.0. The fraction of sp³-hybridized carbons (Fsp3) is 0.577. The van der Waals surface area contributed by atoms with Crippen LogP contribution in [-0.2, 0) is 30.3 Å². The van der Waals surface area contributed by atoms with Gasteiger partial charge >= 0.3 is 6.09 Å². The van der Waals surface area contributed by atoms with Gasteiger partial charge in [0.25, 0.3) is 5.91 Å². The predicted octanol–water partition coefficient (Wildman–Crippen LogP) is 1.36. The van der Waals surface area contributed by atoms with Crippen LogP contribution in [0.2, 0.25) is 0 Å². The third-order valence-electron chi connectivity index (χ3n) is 6.82. The number of hydrogen-bond acceptors (Lipinski definition) is 6. The van der Waals surface area contributed by atoms with Crippen LogP contribution in [0.3, 0.4) is 0 Å². The van der Waals surface area contributed by atoms with Crippen LogP contribution in [0.5, 0.6) is 0 Å². The Bertz CT molecular complexity index is 976. The van der Waals surface area contributed by atoms with Gasteiger partial charge in [-0.25, -0.2) is 4.79 Å². The first-order chi connectivity index (χ1) is 17.1. The van der Waals surface area contributed by atoms with Gasteiger partial charge in [0.15, 0.2) is 0 Å². The highest BCUT2D eigenvalue weighted by Crippen LogP contribution is 2.38. The summed E-state index contributed by atoms with van der Waals surface area (Å²) in [6.45, 7) is 4.25. The van der Waals surface area contributed by atoms with Gasteiger partial charge in [-0.15, -0.1) is 0 Å². The summed E-state index contributed by atoms with van der Waals surface area (Å²) >= 11 is 0. The molecule has 3 unspecified atom stereocenters. The molecule has 36 heavy (non-hydrogen) atoms. The van der Waals surface area contributed by atoms with Gasteiger partial charge in [-0.3, -0.25) is 19.2 Å². The number of primary amides is 1.